The molecule has 0 saturated carbocycles. The number of para-hydroxylation sites is 1. The molecule has 0 radical (unpaired) electrons. The Balaban J connectivity index is 1.96. The van der Waals surface area contributed by atoms with Crippen molar-refractivity contribution in [3.63, 3.8) is 0 Å². The molecule has 4 nitrogen and oxygen atoms in total. The number of H-pyrrole nitrogens is 1. The van der Waals surface area contributed by atoms with Crippen molar-refractivity contribution in [2.24, 2.45) is 11.7 Å². The van der Waals surface area contributed by atoms with Gasteiger partial charge in [-0.05, 0) is 31.2 Å². The molecule has 1 fully saturated rings. The Labute approximate surface area is 137 Å². The fourth-order valence-electron chi connectivity index (χ4n) is 3.54. The van der Waals surface area contributed by atoms with Gasteiger partial charge >= 0.3 is 0 Å². The summed E-state index contributed by atoms with van der Waals surface area (Å²) in [7, 11) is 0. The average Bonchev–Trinajstić information content (AvgIpc) is 2.54. The van der Waals surface area contributed by atoms with Crippen LogP contribution in [0, 0.1) is 12.8 Å². The highest BCUT2D eigenvalue weighted by Crippen LogP contribution is 2.27. The minimum absolute atomic E-state index is 0.0269. The number of benzene rings is 1. The fraction of sp³-hybridized carbons (Fsp3) is 0.474. The van der Waals surface area contributed by atoms with Gasteiger partial charge in [0, 0.05) is 22.9 Å². The van der Waals surface area contributed by atoms with E-state index in [-0.39, 0.29) is 11.8 Å². The van der Waals surface area contributed by atoms with E-state index in [1.165, 1.54) is 22.0 Å². The Morgan fingerprint density at radius 3 is 2.61 bits per heavy atom. The number of pyridine rings is 1. The van der Waals surface area contributed by atoms with Gasteiger partial charge in [0.2, 0.25) is 5.91 Å². The van der Waals surface area contributed by atoms with Gasteiger partial charge in [-0.2, -0.15) is 0 Å². The van der Waals surface area contributed by atoms with Crippen molar-refractivity contribution in [3.8, 4) is 0 Å². The van der Waals surface area contributed by atoms with Gasteiger partial charge in [0.15, 0.2) is 0 Å². The van der Waals surface area contributed by atoms with Crippen LogP contribution in [-0.4, -0.2) is 19.0 Å². The first-order valence-electron chi connectivity index (χ1n) is 8.47. The number of hydrogen-bond acceptors (Lipinski definition) is 2. The summed E-state index contributed by atoms with van der Waals surface area (Å²) in [5.41, 5.74) is 9.30. The number of aromatic amines is 1. The second kappa shape index (κ2) is 6.19. The molecule has 1 aliphatic heterocycles. The third kappa shape index (κ3) is 3.03. The van der Waals surface area contributed by atoms with Gasteiger partial charge in [0.1, 0.15) is 5.52 Å². The number of primary amides is 1. The van der Waals surface area contributed by atoms with E-state index < -0.39 is 0 Å². The molecule has 1 saturated heterocycles. The maximum Gasteiger partial charge on any atom is 0.275 e. The molecule has 1 aromatic heterocycles. The van der Waals surface area contributed by atoms with Gasteiger partial charge < -0.3 is 5.73 Å². The molecule has 0 bridgehead atoms. The first-order valence-corrected chi connectivity index (χ1v) is 8.47. The van der Waals surface area contributed by atoms with Crippen LogP contribution in [0.2, 0.25) is 0 Å². The van der Waals surface area contributed by atoms with Crippen LogP contribution in [-0.2, 0) is 4.79 Å². The molecule has 0 aliphatic carbocycles. The first-order chi connectivity index (χ1) is 11.0. The number of aryl methyl sites for hydroxylation is 1. The highest BCUT2D eigenvalue weighted by molar-refractivity contribution is 5.83. The summed E-state index contributed by atoms with van der Waals surface area (Å²) in [5, 5.41) is 1.28. The van der Waals surface area contributed by atoms with Gasteiger partial charge in [-0.25, -0.2) is 4.98 Å². The van der Waals surface area contributed by atoms with Crippen LogP contribution in [0.3, 0.4) is 0 Å². The van der Waals surface area contributed by atoms with Crippen molar-refractivity contribution >= 4 is 22.6 Å². The molecule has 122 valence electrons. The molecule has 2 aromatic rings. The standard InChI is InChI=1S/C19H25N3O/c1-12(2)15-5-4-6-16-13(3)11-17(21-18(15)16)22-9-7-14(8-10-22)19(20)23/h4-6,11-12,14H,7-10H2,1-3H3,(H2,20,23)/p+1. The average molecular weight is 312 g/mol. The third-order valence-electron chi connectivity index (χ3n) is 4.99. The molecule has 3 N–H and O–H groups in total. The molecule has 1 aromatic carbocycles. The van der Waals surface area contributed by atoms with Crippen molar-refractivity contribution in [3.05, 3.63) is 35.4 Å². The van der Waals surface area contributed by atoms with Crippen LogP contribution in [0.15, 0.2) is 24.3 Å². The number of amides is 1. The highest BCUT2D eigenvalue weighted by atomic mass is 16.1. The van der Waals surface area contributed by atoms with E-state index in [0.29, 0.717) is 5.92 Å². The largest absolute Gasteiger partial charge is 0.369 e. The van der Waals surface area contributed by atoms with E-state index in [2.05, 4.69) is 54.9 Å². The summed E-state index contributed by atoms with van der Waals surface area (Å²) in [4.78, 5) is 17.3. The van der Waals surface area contributed by atoms with E-state index in [9.17, 15) is 4.79 Å². The molecular weight excluding hydrogens is 286 g/mol. The molecule has 0 unspecified atom stereocenters. The Morgan fingerprint density at radius 1 is 1.30 bits per heavy atom. The predicted octanol–water partition coefficient (Wildman–Crippen LogP) is 2.79. The number of nitrogens with zero attached hydrogens (tertiary/aromatic N) is 1. The van der Waals surface area contributed by atoms with Crippen molar-refractivity contribution in [2.45, 2.75) is 39.5 Å². The zero-order valence-corrected chi connectivity index (χ0v) is 14.2. The zero-order valence-electron chi connectivity index (χ0n) is 14.2. The summed E-state index contributed by atoms with van der Waals surface area (Å²) in [6.07, 6.45) is 1.68. The number of carbonyl (C=O) groups excluding carboxylic acids is 1. The number of aromatic nitrogens is 1. The second-order valence-corrected chi connectivity index (χ2v) is 6.93. The smallest absolute Gasteiger partial charge is 0.275 e. The van der Waals surface area contributed by atoms with Crippen molar-refractivity contribution in [1.82, 2.24) is 0 Å². The topological polar surface area (TPSA) is 60.5 Å². The molecule has 2 heterocycles. The van der Waals surface area contributed by atoms with Gasteiger partial charge in [-0.15, -0.1) is 0 Å². The van der Waals surface area contributed by atoms with Crippen molar-refractivity contribution in [2.75, 3.05) is 18.0 Å². The first kappa shape index (κ1) is 15.8. The van der Waals surface area contributed by atoms with Crippen LogP contribution in [0.4, 0.5) is 5.82 Å². The maximum absolute atomic E-state index is 11.3. The van der Waals surface area contributed by atoms with Gasteiger partial charge in [0.25, 0.3) is 5.82 Å². The molecule has 3 rings (SSSR count). The Hall–Kier alpha value is -2.10. The molecule has 1 amide bonds. The number of fused-ring (bicyclic) bond motifs is 1. The van der Waals surface area contributed by atoms with Crippen LogP contribution < -0.4 is 15.6 Å². The predicted molar refractivity (Wildman–Crippen MR) is 93.5 cm³/mol. The second-order valence-electron chi connectivity index (χ2n) is 6.93. The lowest BCUT2D eigenvalue weighted by Gasteiger charge is -2.26. The summed E-state index contributed by atoms with van der Waals surface area (Å²) in [6.45, 7) is 8.36. The number of piperidine rings is 1. The zero-order chi connectivity index (χ0) is 16.6. The SMILES string of the molecule is Cc1cc(N2CCC(C(N)=O)CC2)[nH+]c2c(C(C)C)cccc12. The van der Waals surface area contributed by atoms with Gasteiger partial charge in [0.05, 0.1) is 13.1 Å². The normalized spacial score (nSPS) is 16.3. The monoisotopic (exact) mass is 312 g/mol. The summed E-state index contributed by atoms with van der Waals surface area (Å²) in [5.74, 6) is 1.49. The maximum atomic E-state index is 11.3. The number of carbonyl (C=O) groups is 1. The number of nitrogens with two attached hydrogens (primary N) is 1. The summed E-state index contributed by atoms with van der Waals surface area (Å²) in [6, 6.07) is 8.73. The number of rotatable bonds is 3. The van der Waals surface area contributed by atoms with Crippen LogP contribution in [0.25, 0.3) is 10.9 Å². The minimum atomic E-state index is -0.162. The van der Waals surface area contributed by atoms with Crippen LogP contribution in [0.1, 0.15) is 43.7 Å². The quantitative estimate of drug-likeness (QED) is 0.947. The Morgan fingerprint density at radius 2 is 2.00 bits per heavy atom. The van der Waals surface area contributed by atoms with Gasteiger partial charge in [-0.1, -0.05) is 32.0 Å². The van der Waals surface area contributed by atoms with Crippen LogP contribution in [0.5, 0.6) is 0 Å². The van der Waals surface area contributed by atoms with E-state index in [0.717, 1.165) is 31.7 Å². The molecule has 4 heteroatoms. The lowest BCUT2D eigenvalue weighted by molar-refractivity contribution is -0.331. The van der Waals surface area contributed by atoms with Crippen LogP contribution >= 0.6 is 0 Å². The Bertz CT molecular complexity index is 731. The summed E-state index contributed by atoms with van der Waals surface area (Å²) >= 11 is 0. The van der Waals surface area contributed by atoms with E-state index >= 15 is 0 Å². The molecule has 0 atom stereocenters. The van der Waals surface area contributed by atoms with E-state index in [1.54, 1.807) is 0 Å². The molecule has 1 aliphatic rings. The lowest BCUT2D eigenvalue weighted by atomic mass is 9.95. The summed E-state index contributed by atoms with van der Waals surface area (Å²) < 4.78 is 0. The fourth-order valence-corrected chi connectivity index (χ4v) is 3.54. The number of anilines is 1. The molecule has 0 spiro atoms. The van der Waals surface area contributed by atoms with Crippen molar-refractivity contribution < 1.29 is 9.78 Å². The Kier molecular flexibility index (Phi) is 4.24. The molecule has 23 heavy (non-hydrogen) atoms. The number of hydrogen-bond donors (Lipinski definition) is 1. The minimum Gasteiger partial charge on any atom is -0.369 e. The van der Waals surface area contributed by atoms with E-state index in [4.69, 9.17) is 5.73 Å². The molecular formula is C19H26N3O+. The van der Waals surface area contributed by atoms with Crippen molar-refractivity contribution in [1.29, 1.82) is 0 Å². The third-order valence-corrected chi connectivity index (χ3v) is 4.99. The number of nitrogens with one attached hydrogen (secondary N) is 1. The lowest BCUT2D eigenvalue weighted by Crippen LogP contribution is -2.40. The van der Waals surface area contributed by atoms with Gasteiger partial charge in [-0.3, -0.25) is 9.69 Å². The highest BCUT2D eigenvalue weighted by Gasteiger charge is 2.28. The van der Waals surface area contributed by atoms with E-state index in [1.807, 2.05) is 0 Å².